The van der Waals surface area contributed by atoms with E-state index < -0.39 is 0 Å². The number of anilines is 1. The fourth-order valence-electron chi connectivity index (χ4n) is 2.86. The van der Waals surface area contributed by atoms with Gasteiger partial charge in [-0.25, -0.2) is 9.78 Å². The summed E-state index contributed by atoms with van der Waals surface area (Å²) < 4.78 is 10.8. The molecule has 1 N–H and O–H groups in total. The van der Waals surface area contributed by atoms with Gasteiger partial charge in [-0.1, -0.05) is 0 Å². The van der Waals surface area contributed by atoms with E-state index in [1.165, 1.54) is 30.7 Å². The molecule has 2 unspecified atom stereocenters. The number of nitrogens with zero attached hydrogens (tertiary/aromatic N) is 2. The lowest BCUT2D eigenvalue weighted by Gasteiger charge is -2.35. The molecule has 3 heterocycles. The first kappa shape index (κ1) is 14.7. The Hall–Kier alpha value is -1.18. The van der Waals surface area contributed by atoms with Gasteiger partial charge in [-0.15, -0.1) is 11.3 Å². The second-order valence-corrected chi connectivity index (χ2v) is 6.24. The number of rotatable bonds is 5. The van der Waals surface area contributed by atoms with E-state index in [2.05, 4.69) is 15.2 Å². The van der Waals surface area contributed by atoms with Crippen molar-refractivity contribution in [3.8, 4) is 0 Å². The average Bonchev–Trinajstić information content (AvgIpc) is 3.14. The summed E-state index contributed by atoms with van der Waals surface area (Å²) in [6.45, 7) is 5.88. The minimum atomic E-state index is -0.365. The highest BCUT2D eigenvalue weighted by atomic mass is 32.1. The molecule has 2 saturated heterocycles. The van der Waals surface area contributed by atoms with Gasteiger partial charge in [0, 0.05) is 24.5 Å². The van der Waals surface area contributed by atoms with Gasteiger partial charge >= 0.3 is 5.97 Å². The molecule has 0 bridgehead atoms. The lowest BCUT2D eigenvalue weighted by molar-refractivity contribution is -0.0415. The monoisotopic (exact) mass is 311 g/mol. The van der Waals surface area contributed by atoms with Crippen LogP contribution in [0.15, 0.2) is 5.38 Å². The van der Waals surface area contributed by atoms with Crippen LogP contribution in [0.25, 0.3) is 0 Å². The van der Waals surface area contributed by atoms with Gasteiger partial charge in [-0.05, 0) is 26.3 Å². The van der Waals surface area contributed by atoms with E-state index in [-0.39, 0.29) is 12.1 Å². The van der Waals surface area contributed by atoms with Crippen molar-refractivity contribution < 1.29 is 14.3 Å². The Bertz CT molecular complexity index is 494. The largest absolute Gasteiger partial charge is 0.461 e. The molecule has 0 aromatic carbocycles. The van der Waals surface area contributed by atoms with Crippen molar-refractivity contribution >= 4 is 22.4 Å². The van der Waals surface area contributed by atoms with Crippen molar-refractivity contribution in [2.75, 3.05) is 38.2 Å². The maximum Gasteiger partial charge on any atom is 0.357 e. The summed E-state index contributed by atoms with van der Waals surface area (Å²) in [6, 6.07) is 0.622. The average molecular weight is 311 g/mol. The highest BCUT2D eigenvalue weighted by Gasteiger charge is 2.32. The van der Waals surface area contributed by atoms with Crippen LogP contribution in [0, 0.1) is 0 Å². The molecule has 7 heteroatoms. The number of esters is 1. The third-order valence-electron chi connectivity index (χ3n) is 3.93. The molecule has 21 heavy (non-hydrogen) atoms. The van der Waals surface area contributed by atoms with Crippen molar-refractivity contribution in [1.82, 2.24) is 9.88 Å². The van der Waals surface area contributed by atoms with E-state index >= 15 is 0 Å². The Balaban J connectivity index is 1.48. The Morgan fingerprint density at radius 2 is 2.57 bits per heavy atom. The molecule has 1 aromatic heterocycles. The highest BCUT2D eigenvalue weighted by Crippen LogP contribution is 2.23. The van der Waals surface area contributed by atoms with Crippen LogP contribution in [0.1, 0.15) is 30.3 Å². The molecule has 2 fully saturated rings. The van der Waals surface area contributed by atoms with E-state index in [0.29, 0.717) is 18.3 Å². The fraction of sp³-hybridized carbons (Fsp3) is 0.714. The summed E-state index contributed by atoms with van der Waals surface area (Å²) in [5.74, 6) is -0.365. The van der Waals surface area contributed by atoms with Crippen molar-refractivity contribution in [2.24, 2.45) is 0 Å². The molecule has 116 valence electrons. The molecule has 3 rings (SSSR count). The SMILES string of the molecule is CCOC(=O)c1csc(NCC2CN3CCCC3CO2)n1. The Labute approximate surface area is 128 Å². The number of morpholine rings is 1. The normalized spacial score (nSPS) is 25.6. The van der Waals surface area contributed by atoms with Gasteiger partial charge in [0.1, 0.15) is 0 Å². The molecule has 2 aliphatic rings. The summed E-state index contributed by atoms with van der Waals surface area (Å²) >= 11 is 1.42. The first-order chi connectivity index (χ1) is 10.3. The molecular formula is C14H21N3O3S. The van der Waals surface area contributed by atoms with E-state index in [4.69, 9.17) is 9.47 Å². The summed E-state index contributed by atoms with van der Waals surface area (Å²) in [7, 11) is 0. The lowest BCUT2D eigenvalue weighted by atomic mass is 10.2. The van der Waals surface area contributed by atoms with Gasteiger partial charge in [0.25, 0.3) is 0 Å². The fourth-order valence-corrected chi connectivity index (χ4v) is 3.55. The maximum absolute atomic E-state index is 11.6. The molecule has 2 atom stereocenters. The number of fused-ring (bicyclic) bond motifs is 1. The molecule has 0 radical (unpaired) electrons. The molecule has 2 aliphatic heterocycles. The molecular weight excluding hydrogens is 290 g/mol. The van der Waals surface area contributed by atoms with Crippen LogP contribution in [-0.2, 0) is 9.47 Å². The predicted octanol–water partition coefficient (Wildman–Crippen LogP) is 1.59. The number of hydrogen-bond donors (Lipinski definition) is 1. The predicted molar refractivity (Wildman–Crippen MR) is 80.9 cm³/mol. The Morgan fingerprint density at radius 1 is 1.67 bits per heavy atom. The Morgan fingerprint density at radius 3 is 3.43 bits per heavy atom. The number of nitrogens with one attached hydrogen (secondary N) is 1. The van der Waals surface area contributed by atoms with Crippen LogP contribution < -0.4 is 5.32 Å². The number of carbonyl (C=O) groups is 1. The van der Waals surface area contributed by atoms with E-state index in [9.17, 15) is 4.79 Å². The van der Waals surface area contributed by atoms with Gasteiger partial charge in [-0.2, -0.15) is 0 Å². The zero-order valence-corrected chi connectivity index (χ0v) is 13.0. The first-order valence-electron chi connectivity index (χ1n) is 7.48. The standard InChI is InChI=1S/C14H21N3O3S/c1-2-19-13(18)12-9-21-14(16-12)15-6-11-7-17-5-3-4-10(17)8-20-11/h9-11H,2-8H2,1H3,(H,15,16). The second kappa shape index (κ2) is 6.72. The summed E-state index contributed by atoms with van der Waals surface area (Å²) in [4.78, 5) is 18.3. The van der Waals surface area contributed by atoms with Crippen molar-refractivity contribution in [3.05, 3.63) is 11.1 Å². The Kier molecular flexibility index (Phi) is 4.72. The molecule has 0 saturated carbocycles. The number of thiazole rings is 1. The quantitative estimate of drug-likeness (QED) is 0.833. The topological polar surface area (TPSA) is 63.7 Å². The van der Waals surface area contributed by atoms with Gasteiger partial charge in [0.2, 0.25) is 0 Å². The summed E-state index contributed by atoms with van der Waals surface area (Å²) in [6.07, 6.45) is 2.73. The van der Waals surface area contributed by atoms with Gasteiger partial charge in [-0.3, -0.25) is 4.90 Å². The van der Waals surface area contributed by atoms with Gasteiger partial charge in [0.15, 0.2) is 10.8 Å². The van der Waals surface area contributed by atoms with Gasteiger partial charge < -0.3 is 14.8 Å². The van der Waals surface area contributed by atoms with E-state index in [1.807, 2.05) is 0 Å². The number of aromatic nitrogens is 1. The van der Waals surface area contributed by atoms with Gasteiger partial charge in [0.05, 0.1) is 19.3 Å². The smallest absolute Gasteiger partial charge is 0.357 e. The van der Waals surface area contributed by atoms with Crippen LogP contribution >= 0.6 is 11.3 Å². The second-order valence-electron chi connectivity index (χ2n) is 5.39. The molecule has 0 amide bonds. The summed E-state index contributed by atoms with van der Waals surface area (Å²) in [5, 5.41) is 5.72. The minimum Gasteiger partial charge on any atom is -0.461 e. The molecule has 1 aromatic rings. The van der Waals surface area contributed by atoms with Crippen molar-refractivity contribution in [1.29, 1.82) is 0 Å². The number of hydrogen-bond acceptors (Lipinski definition) is 7. The van der Waals surface area contributed by atoms with Crippen LogP contribution in [0.5, 0.6) is 0 Å². The first-order valence-corrected chi connectivity index (χ1v) is 8.36. The molecule has 0 aliphatic carbocycles. The number of ether oxygens (including phenoxy) is 2. The van der Waals surface area contributed by atoms with Crippen molar-refractivity contribution in [3.63, 3.8) is 0 Å². The third-order valence-corrected chi connectivity index (χ3v) is 4.73. The molecule has 6 nitrogen and oxygen atoms in total. The van der Waals surface area contributed by atoms with Crippen molar-refractivity contribution in [2.45, 2.75) is 31.9 Å². The van der Waals surface area contributed by atoms with Crippen LogP contribution in [0.3, 0.4) is 0 Å². The minimum absolute atomic E-state index is 0.189. The zero-order chi connectivity index (χ0) is 14.7. The van der Waals surface area contributed by atoms with E-state index in [1.54, 1.807) is 12.3 Å². The third kappa shape index (κ3) is 3.53. The maximum atomic E-state index is 11.6. The van der Waals surface area contributed by atoms with Crippen LogP contribution in [0.2, 0.25) is 0 Å². The number of carbonyl (C=O) groups excluding carboxylic acids is 1. The molecule has 0 spiro atoms. The zero-order valence-electron chi connectivity index (χ0n) is 12.2. The van der Waals surface area contributed by atoms with Crippen LogP contribution in [-0.4, -0.2) is 60.8 Å². The van der Waals surface area contributed by atoms with E-state index in [0.717, 1.165) is 24.8 Å². The highest BCUT2D eigenvalue weighted by molar-refractivity contribution is 7.13. The summed E-state index contributed by atoms with van der Waals surface area (Å²) in [5.41, 5.74) is 0.369. The lowest BCUT2D eigenvalue weighted by Crippen LogP contribution is -2.48. The van der Waals surface area contributed by atoms with Crippen LogP contribution in [0.4, 0.5) is 5.13 Å².